The van der Waals surface area contributed by atoms with E-state index in [1.54, 1.807) is 19.1 Å². The molecule has 0 bridgehead atoms. The zero-order valence-electron chi connectivity index (χ0n) is 11.3. The van der Waals surface area contributed by atoms with Gasteiger partial charge in [-0.3, -0.25) is 4.79 Å². The zero-order valence-corrected chi connectivity index (χ0v) is 13.0. The Hall–Kier alpha value is -1.80. The number of benzene rings is 1. The minimum atomic E-state index is -3.26. The number of anilines is 1. The van der Waals surface area contributed by atoms with Gasteiger partial charge in [0.2, 0.25) is 5.91 Å². The molecule has 0 fully saturated rings. The lowest BCUT2D eigenvalue weighted by Crippen LogP contribution is -2.18. The largest absolute Gasteiger partial charge is 0.301 e. The predicted molar refractivity (Wildman–Crippen MR) is 78.7 cm³/mol. The summed E-state index contributed by atoms with van der Waals surface area (Å²) in [7, 11) is -3.26. The zero-order chi connectivity index (χ0) is 15.6. The number of sulfone groups is 1. The Labute approximate surface area is 125 Å². The van der Waals surface area contributed by atoms with Gasteiger partial charge in [0.1, 0.15) is 0 Å². The molecule has 2 aromatic rings. The van der Waals surface area contributed by atoms with Crippen molar-refractivity contribution in [3.63, 3.8) is 0 Å². The highest BCUT2D eigenvalue weighted by molar-refractivity contribution is 7.90. The monoisotopic (exact) mass is 328 g/mol. The normalized spacial score (nSPS) is 12.9. The van der Waals surface area contributed by atoms with E-state index in [0.29, 0.717) is 5.56 Å². The molecule has 5 nitrogen and oxygen atoms in total. The molecule has 1 amide bonds. The number of rotatable bonds is 4. The van der Waals surface area contributed by atoms with E-state index in [4.69, 9.17) is 0 Å². The third-order valence-corrected chi connectivity index (χ3v) is 4.74. The fourth-order valence-electron chi connectivity index (χ4n) is 1.68. The molecule has 0 saturated carbocycles. The molecule has 2 rings (SSSR count). The standard InChI is InChI=1S/C13H13FN2O3S2/c1-8(12(17)16-13-15-7-11(14)20-13)9-3-5-10(6-4-9)21(2,18)19/h3-8H,1-2H3,(H,15,16,17). The van der Waals surface area contributed by atoms with Gasteiger partial charge in [-0.2, -0.15) is 4.39 Å². The van der Waals surface area contributed by atoms with Crippen molar-refractivity contribution in [3.05, 3.63) is 41.2 Å². The van der Waals surface area contributed by atoms with Crippen LogP contribution in [-0.4, -0.2) is 25.6 Å². The van der Waals surface area contributed by atoms with Gasteiger partial charge in [0, 0.05) is 6.26 Å². The Morgan fingerprint density at radius 1 is 1.33 bits per heavy atom. The highest BCUT2D eigenvalue weighted by Crippen LogP contribution is 2.22. The van der Waals surface area contributed by atoms with E-state index in [2.05, 4.69) is 10.3 Å². The number of carbonyl (C=O) groups excluding carboxylic acids is 1. The second kappa shape index (κ2) is 5.90. The van der Waals surface area contributed by atoms with Gasteiger partial charge >= 0.3 is 0 Å². The van der Waals surface area contributed by atoms with Crippen molar-refractivity contribution in [3.8, 4) is 0 Å². The van der Waals surface area contributed by atoms with Crippen LogP contribution in [0.15, 0.2) is 35.4 Å². The van der Waals surface area contributed by atoms with Crippen LogP contribution >= 0.6 is 11.3 Å². The molecule has 0 radical (unpaired) electrons. The first-order valence-electron chi connectivity index (χ1n) is 5.99. The average Bonchev–Trinajstić information content (AvgIpc) is 2.82. The minimum Gasteiger partial charge on any atom is -0.301 e. The molecule has 0 aliphatic rings. The Bertz CT molecular complexity index is 754. The molecule has 1 aromatic heterocycles. The van der Waals surface area contributed by atoms with E-state index < -0.39 is 20.9 Å². The number of hydrogen-bond donors (Lipinski definition) is 1. The van der Waals surface area contributed by atoms with Crippen LogP contribution in [-0.2, 0) is 14.6 Å². The van der Waals surface area contributed by atoms with Crippen LogP contribution in [0.5, 0.6) is 0 Å². The second-order valence-corrected chi connectivity index (χ2v) is 7.52. The lowest BCUT2D eigenvalue weighted by Gasteiger charge is -2.11. The quantitative estimate of drug-likeness (QED) is 0.935. The van der Waals surface area contributed by atoms with Crippen molar-refractivity contribution in [2.75, 3.05) is 11.6 Å². The van der Waals surface area contributed by atoms with Gasteiger partial charge in [0.15, 0.2) is 20.1 Å². The first kappa shape index (κ1) is 15.6. The molecule has 112 valence electrons. The van der Waals surface area contributed by atoms with Crippen LogP contribution in [0.1, 0.15) is 18.4 Å². The van der Waals surface area contributed by atoms with Crippen LogP contribution in [0.2, 0.25) is 0 Å². The summed E-state index contributed by atoms with van der Waals surface area (Å²) in [6, 6.07) is 6.08. The number of carbonyl (C=O) groups is 1. The number of nitrogens with zero attached hydrogens (tertiary/aromatic N) is 1. The molecule has 1 atom stereocenters. The topological polar surface area (TPSA) is 76.1 Å². The number of hydrogen-bond acceptors (Lipinski definition) is 5. The lowest BCUT2D eigenvalue weighted by atomic mass is 10.0. The number of nitrogens with one attached hydrogen (secondary N) is 1. The molecule has 0 aliphatic heterocycles. The highest BCUT2D eigenvalue weighted by atomic mass is 32.2. The Kier molecular flexibility index (Phi) is 4.38. The summed E-state index contributed by atoms with van der Waals surface area (Å²) in [5.41, 5.74) is 0.664. The predicted octanol–water partition coefficient (Wildman–Crippen LogP) is 2.43. The van der Waals surface area contributed by atoms with Crippen molar-refractivity contribution in [2.45, 2.75) is 17.7 Å². The molecule has 1 aromatic carbocycles. The third-order valence-electron chi connectivity index (χ3n) is 2.91. The number of halogens is 1. The summed E-state index contributed by atoms with van der Waals surface area (Å²) in [5.74, 6) is -0.845. The summed E-state index contributed by atoms with van der Waals surface area (Å²) >= 11 is 0.745. The van der Waals surface area contributed by atoms with Crippen LogP contribution in [0.25, 0.3) is 0 Å². The van der Waals surface area contributed by atoms with Crippen molar-refractivity contribution in [2.24, 2.45) is 0 Å². The summed E-state index contributed by atoms with van der Waals surface area (Å²) in [5, 5.41) is 2.23. The Morgan fingerprint density at radius 2 is 1.95 bits per heavy atom. The molecule has 21 heavy (non-hydrogen) atoms. The number of thiazole rings is 1. The van der Waals surface area contributed by atoms with E-state index in [1.165, 1.54) is 12.1 Å². The molecular formula is C13H13FN2O3S2. The summed E-state index contributed by atoms with van der Waals surface area (Å²) in [6.45, 7) is 1.68. The molecule has 8 heteroatoms. The minimum absolute atomic E-state index is 0.192. The number of aromatic nitrogens is 1. The SMILES string of the molecule is CC(C(=O)Nc1ncc(F)s1)c1ccc(S(C)(=O)=O)cc1. The van der Waals surface area contributed by atoms with Gasteiger partial charge in [0.25, 0.3) is 0 Å². The van der Waals surface area contributed by atoms with E-state index in [-0.39, 0.29) is 15.9 Å². The van der Waals surface area contributed by atoms with Crippen LogP contribution in [0, 0.1) is 5.13 Å². The van der Waals surface area contributed by atoms with Crippen molar-refractivity contribution in [1.82, 2.24) is 4.98 Å². The first-order chi connectivity index (χ1) is 9.77. The van der Waals surface area contributed by atoms with E-state index in [1.807, 2.05) is 0 Å². The maximum Gasteiger partial charge on any atom is 0.233 e. The van der Waals surface area contributed by atoms with Gasteiger partial charge in [0.05, 0.1) is 17.0 Å². The molecule has 1 N–H and O–H groups in total. The maximum atomic E-state index is 12.8. The van der Waals surface area contributed by atoms with Gasteiger partial charge in [-0.25, -0.2) is 13.4 Å². The molecule has 1 heterocycles. The van der Waals surface area contributed by atoms with Crippen LogP contribution < -0.4 is 5.32 Å². The Morgan fingerprint density at radius 3 is 2.43 bits per heavy atom. The van der Waals surface area contributed by atoms with Crippen LogP contribution in [0.4, 0.5) is 9.52 Å². The molecule has 0 spiro atoms. The van der Waals surface area contributed by atoms with Crippen molar-refractivity contribution >= 4 is 32.2 Å². The summed E-state index contributed by atoms with van der Waals surface area (Å²) in [4.78, 5) is 15.9. The number of amides is 1. The summed E-state index contributed by atoms with van der Waals surface area (Å²) < 4.78 is 35.5. The third kappa shape index (κ3) is 3.85. The lowest BCUT2D eigenvalue weighted by molar-refractivity contribution is -0.117. The van der Waals surface area contributed by atoms with Gasteiger partial charge in [-0.15, -0.1) is 0 Å². The van der Waals surface area contributed by atoms with Crippen LogP contribution in [0.3, 0.4) is 0 Å². The summed E-state index contributed by atoms with van der Waals surface area (Å²) in [6.07, 6.45) is 2.15. The first-order valence-corrected chi connectivity index (χ1v) is 8.70. The van der Waals surface area contributed by atoms with Gasteiger partial charge in [-0.05, 0) is 24.6 Å². The fourth-order valence-corrected chi connectivity index (χ4v) is 2.86. The fraction of sp³-hybridized carbons (Fsp3) is 0.231. The molecule has 0 saturated heterocycles. The van der Waals surface area contributed by atoms with E-state index in [9.17, 15) is 17.6 Å². The van der Waals surface area contributed by atoms with E-state index >= 15 is 0 Å². The smallest absolute Gasteiger partial charge is 0.233 e. The molecular weight excluding hydrogens is 315 g/mol. The van der Waals surface area contributed by atoms with E-state index in [0.717, 1.165) is 23.8 Å². The maximum absolute atomic E-state index is 12.8. The Balaban J connectivity index is 2.12. The second-order valence-electron chi connectivity index (χ2n) is 4.52. The van der Waals surface area contributed by atoms with Crippen molar-refractivity contribution < 1.29 is 17.6 Å². The van der Waals surface area contributed by atoms with Gasteiger partial charge < -0.3 is 5.32 Å². The van der Waals surface area contributed by atoms with Gasteiger partial charge in [-0.1, -0.05) is 23.5 Å². The average molecular weight is 328 g/mol. The molecule has 0 aliphatic carbocycles. The van der Waals surface area contributed by atoms with Crippen molar-refractivity contribution in [1.29, 1.82) is 0 Å². The highest BCUT2D eigenvalue weighted by Gasteiger charge is 2.17. The molecule has 1 unspecified atom stereocenters.